The summed E-state index contributed by atoms with van der Waals surface area (Å²) < 4.78 is -0.771. The molecule has 3 unspecified atom stereocenters. The molecule has 3 aliphatic rings. The van der Waals surface area contributed by atoms with Crippen LogP contribution in [0.3, 0.4) is 0 Å². The van der Waals surface area contributed by atoms with Gasteiger partial charge >= 0.3 is 0 Å². The summed E-state index contributed by atoms with van der Waals surface area (Å²) in [4.78, 5) is 48.3. The van der Waals surface area contributed by atoms with Crippen LogP contribution >= 0.6 is 11.8 Å². The SMILES string of the molecule is C=CCN(C)C(=O)[C@@H]1[C@H]2C(=O)N([C@@H](CO)C(C)C)C(C(=O)N(CC=C)c3ccc4ccccc4c3)C23S[C@@H]1CC3C. The quantitative estimate of drug-likeness (QED) is 0.426. The Morgan fingerprint density at radius 2 is 1.80 bits per heavy atom. The van der Waals surface area contributed by atoms with E-state index >= 15 is 0 Å². The van der Waals surface area contributed by atoms with Crippen molar-refractivity contribution in [3.8, 4) is 0 Å². The molecule has 7 atom stereocenters. The van der Waals surface area contributed by atoms with Gasteiger partial charge in [-0.1, -0.05) is 63.3 Å². The van der Waals surface area contributed by atoms with Gasteiger partial charge in [0.05, 0.1) is 29.2 Å². The molecule has 3 saturated heterocycles. The average Bonchev–Trinajstić information content (AvgIpc) is 3.55. The first kappa shape index (κ1) is 29.4. The van der Waals surface area contributed by atoms with Crippen LogP contribution in [0.1, 0.15) is 27.2 Å². The standard InChI is InChI=1S/C33H41N3O4S/c1-7-15-34(6)30(38)27-26-17-21(5)33(41-26)28(27)31(39)36(25(19-37)20(3)4)29(33)32(40)35(16-8-2)24-14-13-22-11-9-10-12-23(22)18-24/h7-14,18,20-21,25-29,37H,1-2,15-17,19H2,3-6H3/t21?,25-,26+,27-,28-,29?,33?/m0/s1. The summed E-state index contributed by atoms with van der Waals surface area (Å²) in [7, 11) is 1.74. The predicted molar refractivity (Wildman–Crippen MR) is 166 cm³/mol. The van der Waals surface area contributed by atoms with Crippen LogP contribution in [-0.2, 0) is 14.4 Å². The van der Waals surface area contributed by atoms with E-state index in [2.05, 4.69) is 20.1 Å². The lowest BCUT2D eigenvalue weighted by Crippen LogP contribution is -2.60. The summed E-state index contributed by atoms with van der Waals surface area (Å²) in [6, 6.07) is 12.6. The van der Waals surface area contributed by atoms with Gasteiger partial charge < -0.3 is 19.8 Å². The predicted octanol–water partition coefficient (Wildman–Crippen LogP) is 4.36. The molecule has 3 fully saturated rings. The monoisotopic (exact) mass is 575 g/mol. The number of aliphatic hydroxyl groups excluding tert-OH is 1. The van der Waals surface area contributed by atoms with Gasteiger partial charge in [0.25, 0.3) is 5.91 Å². The third-order valence-corrected chi connectivity index (χ3v) is 11.5. The summed E-state index contributed by atoms with van der Waals surface area (Å²) in [6.07, 6.45) is 4.14. The van der Waals surface area contributed by atoms with E-state index in [-0.39, 0.29) is 48.0 Å². The lowest BCUT2D eigenvalue weighted by Gasteiger charge is -2.42. The second-order valence-electron chi connectivity index (χ2n) is 12.1. The number of carbonyl (C=O) groups is 3. The first-order valence-corrected chi connectivity index (χ1v) is 15.4. The van der Waals surface area contributed by atoms with Crippen LogP contribution in [0.15, 0.2) is 67.8 Å². The summed E-state index contributed by atoms with van der Waals surface area (Å²) in [5.41, 5.74) is 0.731. The van der Waals surface area contributed by atoms with E-state index in [1.54, 1.807) is 45.7 Å². The number of benzene rings is 2. The van der Waals surface area contributed by atoms with E-state index in [0.717, 1.165) is 22.9 Å². The van der Waals surface area contributed by atoms with E-state index in [9.17, 15) is 19.5 Å². The normalized spacial score (nSPS) is 29.1. The van der Waals surface area contributed by atoms with Crippen LogP contribution in [0.4, 0.5) is 5.69 Å². The molecule has 0 radical (unpaired) electrons. The van der Waals surface area contributed by atoms with Crippen LogP contribution < -0.4 is 4.90 Å². The number of anilines is 1. The minimum absolute atomic E-state index is 0.0350. The van der Waals surface area contributed by atoms with Gasteiger partial charge in [-0.3, -0.25) is 14.4 Å². The van der Waals surface area contributed by atoms with Crippen molar-refractivity contribution in [2.24, 2.45) is 23.7 Å². The molecule has 218 valence electrons. The number of likely N-dealkylation sites (tertiary alicyclic amines) is 1. The zero-order valence-electron chi connectivity index (χ0n) is 24.4. The van der Waals surface area contributed by atoms with Gasteiger partial charge in [-0.2, -0.15) is 0 Å². The van der Waals surface area contributed by atoms with Crippen LogP contribution in [0.5, 0.6) is 0 Å². The van der Waals surface area contributed by atoms with Crippen molar-refractivity contribution in [1.82, 2.24) is 9.80 Å². The molecule has 5 rings (SSSR count). The smallest absolute Gasteiger partial charge is 0.251 e. The third-order valence-electron chi connectivity index (χ3n) is 9.42. The first-order valence-electron chi connectivity index (χ1n) is 14.5. The van der Waals surface area contributed by atoms with Crippen LogP contribution in [-0.4, -0.2) is 81.5 Å². The van der Waals surface area contributed by atoms with Crippen molar-refractivity contribution < 1.29 is 19.5 Å². The number of thioether (sulfide) groups is 1. The zero-order valence-corrected chi connectivity index (χ0v) is 25.2. The Labute approximate surface area is 247 Å². The van der Waals surface area contributed by atoms with Gasteiger partial charge in [-0.25, -0.2) is 0 Å². The molecule has 0 saturated carbocycles. The second-order valence-corrected chi connectivity index (χ2v) is 13.6. The summed E-state index contributed by atoms with van der Waals surface area (Å²) >= 11 is 1.66. The van der Waals surface area contributed by atoms with E-state index in [1.165, 1.54) is 0 Å². The number of hydrogen-bond donors (Lipinski definition) is 1. The molecule has 41 heavy (non-hydrogen) atoms. The van der Waals surface area contributed by atoms with Gasteiger partial charge in [-0.05, 0) is 41.2 Å². The molecule has 3 heterocycles. The molecule has 3 aliphatic heterocycles. The van der Waals surface area contributed by atoms with Crippen molar-refractivity contribution in [3.05, 3.63) is 67.8 Å². The maximum absolute atomic E-state index is 14.9. The van der Waals surface area contributed by atoms with Gasteiger partial charge in [-0.15, -0.1) is 24.9 Å². The number of rotatable bonds is 10. The lowest BCUT2D eigenvalue weighted by atomic mass is 9.65. The van der Waals surface area contributed by atoms with E-state index in [0.29, 0.717) is 6.54 Å². The molecule has 7 nitrogen and oxygen atoms in total. The Morgan fingerprint density at radius 3 is 2.44 bits per heavy atom. The van der Waals surface area contributed by atoms with Crippen molar-refractivity contribution in [2.75, 3.05) is 31.6 Å². The number of hydrogen-bond acceptors (Lipinski definition) is 5. The second kappa shape index (κ2) is 11.3. The fraction of sp³-hybridized carbons (Fsp3) is 0.485. The van der Waals surface area contributed by atoms with Gasteiger partial charge in [0.1, 0.15) is 6.04 Å². The molecular weight excluding hydrogens is 534 g/mol. The number of likely N-dealkylation sites (N-methyl/N-ethyl adjacent to an activating group) is 1. The van der Waals surface area contributed by atoms with E-state index in [4.69, 9.17) is 0 Å². The maximum Gasteiger partial charge on any atom is 0.251 e. The van der Waals surface area contributed by atoms with Crippen molar-refractivity contribution >= 4 is 45.9 Å². The lowest BCUT2D eigenvalue weighted by molar-refractivity contribution is -0.145. The fourth-order valence-electron chi connectivity index (χ4n) is 7.48. The number of amides is 3. The Balaban J connectivity index is 1.65. The highest BCUT2D eigenvalue weighted by molar-refractivity contribution is 8.02. The number of fused-ring (bicyclic) bond motifs is 2. The van der Waals surface area contributed by atoms with E-state index in [1.807, 2.05) is 56.3 Å². The van der Waals surface area contributed by atoms with Gasteiger partial charge in [0.2, 0.25) is 11.8 Å². The van der Waals surface area contributed by atoms with Crippen molar-refractivity contribution in [2.45, 2.75) is 49.3 Å². The molecule has 0 aliphatic carbocycles. The highest BCUT2D eigenvalue weighted by Gasteiger charge is 2.77. The summed E-state index contributed by atoms with van der Waals surface area (Å²) in [5, 5.41) is 12.6. The minimum atomic E-state index is -0.821. The summed E-state index contributed by atoms with van der Waals surface area (Å²) in [6.45, 7) is 14.1. The molecule has 2 bridgehead atoms. The summed E-state index contributed by atoms with van der Waals surface area (Å²) in [5.74, 6) is -1.67. The highest BCUT2D eigenvalue weighted by atomic mass is 32.2. The topological polar surface area (TPSA) is 81.2 Å². The van der Waals surface area contributed by atoms with Gasteiger partial charge in [0, 0.05) is 31.1 Å². The molecule has 0 aromatic heterocycles. The highest BCUT2D eigenvalue weighted by Crippen LogP contribution is 2.69. The zero-order chi connectivity index (χ0) is 29.6. The Hall–Kier alpha value is -3.10. The number of nitrogens with zero attached hydrogens (tertiary/aromatic N) is 3. The number of aliphatic hydroxyl groups is 1. The van der Waals surface area contributed by atoms with Crippen molar-refractivity contribution in [1.29, 1.82) is 0 Å². The van der Waals surface area contributed by atoms with E-state index < -0.39 is 28.7 Å². The molecule has 8 heteroatoms. The maximum atomic E-state index is 14.9. The average molecular weight is 576 g/mol. The van der Waals surface area contributed by atoms with Gasteiger partial charge in [0.15, 0.2) is 0 Å². The fourth-order valence-corrected chi connectivity index (χ4v) is 9.88. The Kier molecular flexibility index (Phi) is 8.09. The molecular formula is C33H41N3O4S. The van der Waals surface area contributed by atoms with Crippen LogP contribution in [0, 0.1) is 23.7 Å². The van der Waals surface area contributed by atoms with Crippen molar-refractivity contribution in [3.63, 3.8) is 0 Å². The molecule has 1 N–H and O–H groups in total. The van der Waals surface area contributed by atoms with Crippen LogP contribution in [0.2, 0.25) is 0 Å². The Morgan fingerprint density at radius 1 is 1.12 bits per heavy atom. The Bertz CT molecular complexity index is 1380. The molecule has 1 spiro atoms. The number of carbonyl (C=O) groups excluding carboxylic acids is 3. The first-order chi connectivity index (χ1) is 19.6. The molecule has 2 aromatic rings. The minimum Gasteiger partial charge on any atom is -0.394 e. The largest absolute Gasteiger partial charge is 0.394 e. The third kappa shape index (κ3) is 4.50. The molecule has 2 aromatic carbocycles. The molecule has 3 amide bonds. The van der Waals surface area contributed by atoms with Crippen LogP contribution in [0.25, 0.3) is 10.8 Å².